The fourth-order valence-corrected chi connectivity index (χ4v) is 1.51. The lowest BCUT2D eigenvalue weighted by atomic mass is 9.94. The van der Waals surface area contributed by atoms with Crippen molar-refractivity contribution in [3.05, 3.63) is 33.9 Å². The van der Waals surface area contributed by atoms with Crippen molar-refractivity contribution in [2.45, 2.75) is 34.0 Å². The first-order valence-corrected chi connectivity index (χ1v) is 4.38. The van der Waals surface area contributed by atoms with E-state index in [1.54, 1.807) is 0 Å². The summed E-state index contributed by atoms with van der Waals surface area (Å²) >= 11 is 0. The van der Waals surface area contributed by atoms with Gasteiger partial charge in [-0.1, -0.05) is 6.07 Å². The zero-order valence-electron chi connectivity index (χ0n) is 8.55. The van der Waals surface area contributed by atoms with Gasteiger partial charge in [-0.25, -0.2) is 0 Å². The van der Waals surface area contributed by atoms with Crippen molar-refractivity contribution < 1.29 is 10.2 Å². The molecule has 0 saturated carbocycles. The molecule has 0 fully saturated rings. The number of aliphatic hydroxyl groups excluding tert-OH is 1. The second-order valence-corrected chi connectivity index (χ2v) is 3.53. The zero-order valence-corrected chi connectivity index (χ0v) is 8.55. The van der Waals surface area contributed by atoms with Crippen LogP contribution in [0.2, 0.25) is 0 Å². The Morgan fingerprint density at radius 3 is 1.92 bits per heavy atom. The largest absolute Gasteiger partial charge is 0.364 e. The van der Waals surface area contributed by atoms with Crippen LogP contribution >= 0.6 is 0 Å². The van der Waals surface area contributed by atoms with Gasteiger partial charge < -0.3 is 10.2 Å². The standard InChI is InChI=1S/C11H16O2/c1-6-5-10(11(12)13)9(4)8(3)7(6)2/h5,11-13H,1-4H3. The van der Waals surface area contributed by atoms with Gasteiger partial charge in [0.15, 0.2) is 6.29 Å². The first-order chi connectivity index (χ1) is 5.95. The Hall–Kier alpha value is -0.860. The molecular weight excluding hydrogens is 164 g/mol. The van der Waals surface area contributed by atoms with Crippen LogP contribution < -0.4 is 0 Å². The van der Waals surface area contributed by atoms with Crippen LogP contribution in [0.4, 0.5) is 0 Å². The van der Waals surface area contributed by atoms with Crippen LogP contribution in [0.25, 0.3) is 0 Å². The second kappa shape index (κ2) is 3.48. The molecule has 0 atom stereocenters. The molecule has 0 heterocycles. The van der Waals surface area contributed by atoms with Gasteiger partial charge in [-0.15, -0.1) is 0 Å². The highest BCUT2D eigenvalue weighted by Crippen LogP contribution is 2.24. The van der Waals surface area contributed by atoms with E-state index < -0.39 is 6.29 Å². The third kappa shape index (κ3) is 1.74. The average Bonchev–Trinajstić information content (AvgIpc) is 2.07. The monoisotopic (exact) mass is 180 g/mol. The van der Waals surface area contributed by atoms with Crippen LogP contribution in [0, 0.1) is 27.7 Å². The maximum absolute atomic E-state index is 9.10. The van der Waals surface area contributed by atoms with Crippen molar-refractivity contribution in [2.75, 3.05) is 0 Å². The van der Waals surface area contributed by atoms with Crippen LogP contribution in [0.1, 0.15) is 34.1 Å². The summed E-state index contributed by atoms with van der Waals surface area (Å²) in [4.78, 5) is 0. The number of aryl methyl sites for hydroxylation is 1. The van der Waals surface area contributed by atoms with E-state index in [1.807, 2.05) is 33.8 Å². The normalized spacial score (nSPS) is 11.0. The van der Waals surface area contributed by atoms with Crippen LogP contribution in [0.5, 0.6) is 0 Å². The quantitative estimate of drug-likeness (QED) is 0.648. The van der Waals surface area contributed by atoms with Gasteiger partial charge in [0.05, 0.1) is 0 Å². The van der Waals surface area contributed by atoms with Gasteiger partial charge in [0.2, 0.25) is 0 Å². The van der Waals surface area contributed by atoms with Crippen molar-refractivity contribution >= 4 is 0 Å². The van der Waals surface area contributed by atoms with Crippen molar-refractivity contribution in [1.29, 1.82) is 0 Å². The van der Waals surface area contributed by atoms with Crippen LogP contribution in [0.15, 0.2) is 6.07 Å². The van der Waals surface area contributed by atoms with E-state index in [1.165, 1.54) is 5.56 Å². The minimum Gasteiger partial charge on any atom is -0.364 e. The molecule has 1 aromatic carbocycles. The van der Waals surface area contributed by atoms with Crippen molar-refractivity contribution in [3.8, 4) is 0 Å². The third-order valence-electron chi connectivity index (χ3n) is 2.80. The smallest absolute Gasteiger partial charge is 0.178 e. The highest BCUT2D eigenvalue weighted by molar-refractivity contribution is 5.43. The summed E-state index contributed by atoms with van der Waals surface area (Å²) in [6, 6.07) is 1.84. The lowest BCUT2D eigenvalue weighted by molar-refractivity contribution is -0.0430. The summed E-state index contributed by atoms with van der Waals surface area (Å²) in [5.41, 5.74) is 5.05. The Labute approximate surface area is 78.8 Å². The molecule has 2 heteroatoms. The minimum atomic E-state index is -1.36. The molecule has 13 heavy (non-hydrogen) atoms. The molecule has 2 N–H and O–H groups in total. The second-order valence-electron chi connectivity index (χ2n) is 3.53. The molecule has 0 spiro atoms. The molecule has 1 rings (SSSR count). The van der Waals surface area contributed by atoms with Crippen LogP contribution in [-0.4, -0.2) is 10.2 Å². The van der Waals surface area contributed by atoms with E-state index >= 15 is 0 Å². The highest BCUT2D eigenvalue weighted by Gasteiger charge is 2.11. The molecule has 0 saturated heterocycles. The molecular formula is C11H16O2. The maximum atomic E-state index is 9.10. The topological polar surface area (TPSA) is 40.5 Å². The van der Waals surface area contributed by atoms with E-state index in [-0.39, 0.29) is 0 Å². The van der Waals surface area contributed by atoms with Crippen molar-refractivity contribution in [2.24, 2.45) is 0 Å². The van der Waals surface area contributed by atoms with Gasteiger partial charge in [0.1, 0.15) is 0 Å². The van der Waals surface area contributed by atoms with E-state index in [9.17, 15) is 0 Å². The van der Waals surface area contributed by atoms with Gasteiger partial charge in [0, 0.05) is 5.56 Å². The van der Waals surface area contributed by atoms with Crippen LogP contribution in [0.3, 0.4) is 0 Å². The first-order valence-electron chi connectivity index (χ1n) is 4.38. The fourth-order valence-electron chi connectivity index (χ4n) is 1.51. The molecule has 0 amide bonds. The van der Waals surface area contributed by atoms with Crippen molar-refractivity contribution in [3.63, 3.8) is 0 Å². The number of aliphatic hydroxyl groups is 2. The molecule has 0 bridgehead atoms. The molecule has 0 aliphatic rings. The third-order valence-corrected chi connectivity index (χ3v) is 2.80. The highest BCUT2D eigenvalue weighted by atomic mass is 16.5. The maximum Gasteiger partial charge on any atom is 0.178 e. The van der Waals surface area contributed by atoms with Gasteiger partial charge in [-0.3, -0.25) is 0 Å². The van der Waals surface area contributed by atoms with Gasteiger partial charge in [-0.05, 0) is 49.9 Å². The molecule has 72 valence electrons. The summed E-state index contributed by atoms with van der Waals surface area (Å²) < 4.78 is 0. The Morgan fingerprint density at radius 2 is 1.46 bits per heavy atom. The molecule has 1 aromatic rings. The number of hydrogen-bond acceptors (Lipinski definition) is 2. The number of hydrogen-bond donors (Lipinski definition) is 2. The molecule has 2 nitrogen and oxygen atoms in total. The number of benzene rings is 1. The van der Waals surface area contributed by atoms with E-state index in [4.69, 9.17) is 10.2 Å². The minimum absolute atomic E-state index is 0.612. The summed E-state index contributed by atoms with van der Waals surface area (Å²) in [5.74, 6) is 0. The molecule has 0 radical (unpaired) electrons. The van der Waals surface area contributed by atoms with Crippen molar-refractivity contribution in [1.82, 2.24) is 0 Å². The van der Waals surface area contributed by atoms with Gasteiger partial charge in [0.25, 0.3) is 0 Å². The molecule has 0 aromatic heterocycles. The summed E-state index contributed by atoms with van der Waals surface area (Å²) in [7, 11) is 0. The first kappa shape index (κ1) is 10.2. The summed E-state index contributed by atoms with van der Waals surface area (Å²) in [5, 5.41) is 18.2. The van der Waals surface area contributed by atoms with E-state index in [0.717, 1.165) is 16.7 Å². The Balaban J connectivity index is 3.41. The lowest BCUT2D eigenvalue weighted by Gasteiger charge is -2.15. The Kier molecular flexibility index (Phi) is 2.74. The summed E-state index contributed by atoms with van der Waals surface area (Å²) in [6.45, 7) is 7.94. The predicted molar refractivity (Wildman–Crippen MR) is 52.6 cm³/mol. The average molecular weight is 180 g/mol. The van der Waals surface area contributed by atoms with E-state index in [2.05, 4.69) is 0 Å². The van der Waals surface area contributed by atoms with Crippen LogP contribution in [-0.2, 0) is 0 Å². The molecule has 0 aliphatic heterocycles. The molecule has 0 aliphatic carbocycles. The Bertz CT molecular complexity index is 327. The van der Waals surface area contributed by atoms with Gasteiger partial charge >= 0.3 is 0 Å². The number of rotatable bonds is 1. The SMILES string of the molecule is Cc1cc(C(O)O)c(C)c(C)c1C. The Morgan fingerprint density at radius 1 is 0.923 bits per heavy atom. The summed E-state index contributed by atoms with van der Waals surface area (Å²) in [6.07, 6.45) is -1.36. The zero-order chi connectivity index (χ0) is 10.2. The predicted octanol–water partition coefficient (Wildman–Crippen LogP) is 1.90. The molecule has 0 unspecified atom stereocenters. The van der Waals surface area contributed by atoms with Gasteiger partial charge in [-0.2, -0.15) is 0 Å². The van der Waals surface area contributed by atoms with E-state index in [0.29, 0.717) is 5.56 Å². The fraction of sp³-hybridized carbons (Fsp3) is 0.455. The lowest BCUT2D eigenvalue weighted by Crippen LogP contribution is -2.02.